The van der Waals surface area contributed by atoms with Crippen molar-refractivity contribution in [3.05, 3.63) is 59.8 Å². The summed E-state index contributed by atoms with van der Waals surface area (Å²) in [5, 5.41) is 22.4. The molecular weight excluding hydrogens is 546 g/mol. The van der Waals surface area contributed by atoms with E-state index in [1.807, 2.05) is 0 Å². The number of nitrogens with one attached hydrogen (secondary N) is 1. The van der Waals surface area contributed by atoms with Crippen molar-refractivity contribution in [3.63, 3.8) is 0 Å². The van der Waals surface area contributed by atoms with Crippen molar-refractivity contribution in [3.8, 4) is 17.2 Å². The first-order valence-electron chi connectivity index (χ1n) is 13.3. The topological polar surface area (TPSA) is 155 Å². The Kier molecular flexibility index (Phi) is 10.5. The van der Waals surface area contributed by atoms with Crippen LogP contribution in [0, 0.1) is 5.92 Å². The minimum atomic E-state index is -1.90. The minimum Gasteiger partial charge on any atom is -0.493 e. The van der Waals surface area contributed by atoms with Crippen LogP contribution in [0.25, 0.3) is 5.70 Å². The number of aliphatic hydroxyl groups excluding tert-OH is 1. The van der Waals surface area contributed by atoms with Crippen LogP contribution in [-0.2, 0) is 25.6 Å². The van der Waals surface area contributed by atoms with Gasteiger partial charge in [0.25, 0.3) is 5.91 Å². The van der Waals surface area contributed by atoms with Crippen LogP contribution in [0.2, 0.25) is 0 Å². The van der Waals surface area contributed by atoms with Crippen molar-refractivity contribution in [1.29, 1.82) is 0 Å². The SMILES string of the molecule is COc1cc(C2=CN(C(C)=O)C(C(C)C)C(=O)N2CC(=O)N[C@@H](Cc2ccccc2)C(O)C(=O)O)cc(OC)c1OC. The maximum Gasteiger partial charge on any atom is 0.334 e. The highest BCUT2D eigenvalue weighted by atomic mass is 16.5. The summed E-state index contributed by atoms with van der Waals surface area (Å²) in [7, 11) is 4.32. The molecule has 0 aliphatic carbocycles. The number of aliphatic hydroxyl groups is 1. The highest BCUT2D eigenvalue weighted by Crippen LogP contribution is 2.41. The molecule has 0 spiro atoms. The van der Waals surface area contributed by atoms with Crippen LogP contribution in [-0.4, -0.2) is 89.8 Å². The van der Waals surface area contributed by atoms with Crippen molar-refractivity contribution < 1.29 is 43.6 Å². The molecule has 2 aromatic carbocycles. The molecule has 0 radical (unpaired) electrons. The maximum absolute atomic E-state index is 13.9. The fraction of sp³-hybridized carbons (Fsp3) is 0.400. The molecule has 226 valence electrons. The maximum atomic E-state index is 13.9. The second-order valence-electron chi connectivity index (χ2n) is 10.1. The molecule has 3 rings (SSSR count). The summed E-state index contributed by atoms with van der Waals surface area (Å²) >= 11 is 0. The van der Waals surface area contributed by atoms with E-state index in [4.69, 9.17) is 14.2 Å². The van der Waals surface area contributed by atoms with Gasteiger partial charge in [-0.3, -0.25) is 19.3 Å². The summed E-state index contributed by atoms with van der Waals surface area (Å²) in [5.74, 6) is -2.50. The molecule has 3 atom stereocenters. The Morgan fingerprint density at radius 2 is 1.60 bits per heavy atom. The monoisotopic (exact) mass is 583 g/mol. The molecular formula is C30H37N3O9. The Bertz CT molecular complexity index is 1320. The number of aliphatic carboxylic acids is 1. The average molecular weight is 584 g/mol. The van der Waals surface area contributed by atoms with Crippen molar-refractivity contribution in [2.75, 3.05) is 27.9 Å². The quantitative estimate of drug-likeness (QED) is 0.340. The van der Waals surface area contributed by atoms with Gasteiger partial charge in [-0.15, -0.1) is 0 Å². The predicted molar refractivity (Wildman–Crippen MR) is 153 cm³/mol. The molecule has 0 saturated heterocycles. The number of amides is 3. The van der Waals surface area contributed by atoms with Crippen LogP contribution in [0.1, 0.15) is 31.9 Å². The van der Waals surface area contributed by atoms with E-state index in [0.717, 1.165) is 0 Å². The second-order valence-corrected chi connectivity index (χ2v) is 10.1. The molecule has 0 saturated carbocycles. The largest absolute Gasteiger partial charge is 0.493 e. The number of benzene rings is 2. The molecule has 0 bridgehead atoms. The highest BCUT2D eigenvalue weighted by molar-refractivity contribution is 5.99. The van der Waals surface area contributed by atoms with Gasteiger partial charge < -0.3 is 34.6 Å². The normalized spacial score (nSPS) is 16.4. The number of carboxylic acids is 1. The zero-order chi connectivity index (χ0) is 31.1. The third kappa shape index (κ3) is 7.00. The number of hydrogen-bond donors (Lipinski definition) is 3. The van der Waals surface area contributed by atoms with Crippen LogP contribution >= 0.6 is 0 Å². The lowest BCUT2D eigenvalue weighted by Crippen LogP contribution is -2.57. The number of carbonyl (C=O) groups is 4. The molecule has 2 aromatic rings. The molecule has 2 unspecified atom stereocenters. The summed E-state index contributed by atoms with van der Waals surface area (Å²) in [6.45, 7) is 4.39. The molecule has 42 heavy (non-hydrogen) atoms. The molecule has 12 heteroatoms. The van der Waals surface area contributed by atoms with E-state index in [1.165, 1.54) is 44.3 Å². The van der Waals surface area contributed by atoms with Gasteiger partial charge in [-0.05, 0) is 30.0 Å². The fourth-order valence-electron chi connectivity index (χ4n) is 4.87. The molecule has 3 N–H and O–H groups in total. The number of carbonyl (C=O) groups excluding carboxylic acids is 3. The van der Waals surface area contributed by atoms with Crippen molar-refractivity contribution in [1.82, 2.24) is 15.1 Å². The Morgan fingerprint density at radius 1 is 1.00 bits per heavy atom. The molecule has 0 aromatic heterocycles. The summed E-state index contributed by atoms with van der Waals surface area (Å²) < 4.78 is 16.3. The molecule has 1 aliphatic heterocycles. The third-order valence-electron chi connectivity index (χ3n) is 6.91. The standard InChI is InChI=1S/C30H37N3O9/c1-17(2)26-29(37)33(16-25(35)31-21(27(36)30(38)39)12-19-10-8-7-9-11-19)22(15-32(26)18(3)34)20-13-23(40-4)28(42-6)24(14-20)41-5/h7-11,13-15,17,21,26-27,36H,12,16H2,1-6H3,(H,31,35)(H,38,39)/t21-,26?,27?/m0/s1. The van der Waals surface area contributed by atoms with Gasteiger partial charge >= 0.3 is 5.97 Å². The minimum absolute atomic E-state index is 0.0380. The predicted octanol–water partition coefficient (Wildman–Crippen LogP) is 1.90. The van der Waals surface area contributed by atoms with Gasteiger partial charge in [0.05, 0.1) is 33.1 Å². The van der Waals surface area contributed by atoms with E-state index in [0.29, 0.717) is 16.9 Å². The lowest BCUT2D eigenvalue weighted by molar-refractivity contribution is -0.149. The first-order chi connectivity index (χ1) is 19.9. The lowest BCUT2D eigenvalue weighted by atomic mass is 9.96. The number of rotatable bonds is 12. The average Bonchev–Trinajstić information content (AvgIpc) is 2.96. The van der Waals surface area contributed by atoms with Gasteiger partial charge in [0, 0.05) is 18.7 Å². The molecule has 1 heterocycles. The number of ether oxygens (including phenoxy) is 3. The number of hydrogen-bond acceptors (Lipinski definition) is 8. The van der Waals surface area contributed by atoms with Gasteiger partial charge in [0.2, 0.25) is 17.6 Å². The van der Waals surface area contributed by atoms with Gasteiger partial charge in [-0.1, -0.05) is 44.2 Å². The van der Waals surface area contributed by atoms with Gasteiger partial charge in [0.15, 0.2) is 17.6 Å². The van der Waals surface area contributed by atoms with Gasteiger partial charge in [0.1, 0.15) is 12.6 Å². The van der Waals surface area contributed by atoms with E-state index in [9.17, 15) is 29.4 Å². The van der Waals surface area contributed by atoms with Crippen LogP contribution in [0.15, 0.2) is 48.7 Å². The summed E-state index contributed by atoms with van der Waals surface area (Å²) in [5.41, 5.74) is 1.30. The third-order valence-corrected chi connectivity index (χ3v) is 6.91. The molecule has 1 aliphatic rings. The van der Waals surface area contributed by atoms with E-state index in [-0.39, 0.29) is 35.4 Å². The Labute approximate surface area is 244 Å². The smallest absolute Gasteiger partial charge is 0.334 e. The first-order valence-corrected chi connectivity index (χ1v) is 13.3. The van der Waals surface area contributed by atoms with Crippen LogP contribution in [0.4, 0.5) is 0 Å². The highest BCUT2D eigenvalue weighted by Gasteiger charge is 2.41. The van der Waals surface area contributed by atoms with Crippen LogP contribution in [0.3, 0.4) is 0 Å². The van der Waals surface area contributed by atoms with Crippen molar-refractivity contribution in [2.24, 2.45) is 5.92 Å². The zero-order valence-electron chi connectivity index (χ0n) is 24.5. The molecule has 12 nitrogen and oxygen atoms in total. The van der Waals surface area contributed by atoms with E-state index < -0.39 is 42.5 Å². The Morgan fingerprint density at radius 3 is 2.07 bits per heavy atom. The molecule has 3 amide bonds. The van der Waals surface area contributed by atoms with Crippen LogP contribution < -0.4 is 19.5 Å². The lowest BCUT2D eigenvalue weighted by Gasteiger charge is -2.41. The zero-order valence-corrected chi connectivity index (χ0v) is 24.5. The first kappa shape index (κ1) is 31.9. The summed E-state index contributed by atoms with van der Waals surface area (Å²) in [6.07, 6.45) is -0.361. The number of methoxy groups -OCH3 is 3. The van der Waals surface area contributed by atoms with Gasteiger partial charge in [-0.2, -0.15) is 0 Å². The number of nitrogens with zero attached hydrogens (tertiary/aromatic N) is 2. The molecule has 0 fully saturated rings. The Balaban J connectivity index is 2.06. The van der Waals surface area contributed by atoms with Crippen molar-refractivity contribution in [2.45, 2.75) is 45.4 Å². The van der Waals surface area contributed by atoms with Crippen molar-refractivity contribution >= 4 is 29.4 Å². The van der Waals surface area contributed by atoms with Gasteiger partial charge in [-0.25, -0.2) is 4.79 Å². The van der Waals surface area contributed by atoms with Crippen LogP contribution in [0.5, 0.6) is 17.2 Å². The number of carboxylic acid groups (broad SMARTS) is 1. The fourth-order valence-corrected chi connectivity index (χ4v) is 4.87. The van der Waals surface area contributed by atoms with E-state index in [2.05, 4.69) is 5.32 Å². The summed E-state index contributed by atoms with van der Waals surface area (Å²) in [6, 6.07) is 9.90. The summed E-state index contributed by atoms with van der Waals surface area (Å²) in [4.78, 5) is 54.2. The van der Waals surface area contributed by atoms with E-state index >= 15 is 0 Å². The van der Waals surface area contributed by atoms with E-state index in [1.54, 1.807) is 56.3 Å². The Hall–Kier alpha value is -4.58. The second kappa shape index (κ2) is 13.9.